The van der Waals surface area contributed by atoms with E-state index in [9.17, 15) is 13.6 Å². The number of carbonyl (C=O) groups excluding carboxylic acids is 1. The molecule has 0 spiro atoms. The summed E-state index contributed by atoms with van der Waals surface area (Å²) in [5.74, 6) is -2.17. The van der Waals surface area contributed by atoms with Crippen LogP contribution >= 0.6 is 0 Å². The molecule has 0 amide bonds. The Labute approximate surface area is 104 Å². The molecule has 1 N–H and O–H groups in total. The van der Waals surface area contributed by atoms with Crippen LogP contribution in [0.15, 0.2) is 30.9 Å². The molecule has 98 valence electrons. The van der Waals surface area contributed by atoms with Gasteiger partial charge in [0.1, 0.15) is 17.2 Å². The van der Waals surface area contributed by atoms with E-state index in [1.165, 1.54) is 26.2 Å². The minimum atomic E-state index is -1.39. The van der Waals surface area contributed by atoms with E-state index in [2.05, 4.69) is 16.6 Å². The van der Waals surface area contributed by atoms with E-state index in [1.54, 1.807) is 0 Å². The summed E-state index contributed by atoms with van der Waals surface area (Å²) in [5.41, 5.74) is -1.36. The minimum Gasteiger partial charge on any atom is -0.467 e. The molecule has 1 rings (SSSR count). The monoisotopic (exact) mass is 255 g/mol. The molecule has 0 bridgehead atoms. The van der Waals surface area contributed by atoms with Gasteiger partial charge in [0.2, 0.25) is 0 Å². The predicted molar refractivity (Wildman–Crippen MR) is 63.9 cm³/mol. The molecule has 3 nitrogen and oxygen atoms in total. The first-order valence-corrected chi connectivity index (χ1v) is 5.35. The van der Waals surface area contributed by atoms with Gasteiger partial charge in [0, 0.05) is 18.2 Å². The molecule has 18 heavy (non-hydrogen) atoms. The maximum atomic E-state index is 13.8. The Bertz CT molecular complexity index is 462. The Hall–Kier alpha value is -1.75. The number of hydrogen-bond donors (Lipinski definition) is 1. The third-order valence-electron chi connectivity index (χ3n) is 2.66. The Morgan fingerprint density at radius 3 is 2.72 bits per heavy atom. The number of carbonyl (C=O) groups is 1. The summed E-state index contributed by atoms with van der Waals surface area (Å²) in [4.78, 5) is 11.8. The van der Waals surface area contributed by atoms with Crippen LogP contribution in [0.5, 0.6) is 0 Å². The zero-order valence-electron chi connectivity index (χ0n) is 10.3. The van der Waals surface area contributed by atoms with Gasteiger partial charge in [-0.3, -0.25) is 5.32 Å². The fraction of sp³-hybridized carbons (Fsp3) is 0.308. The van der Waals surface area contributed by atoms with Gasteiger partial charge in [-0.15, -0.1) is 6.58 Å². The van der Waals surface area contributed by atoms with Crippen molar-refractivity contribution in [1.29, 1.82) is 0 Å². The van der Waals surface area contributed by atoms with E-state index in [0.29, 0.717) is 0 Å². The molecule has 0 saturated heterocycles. The van der Waals surface area contributed by atoms with Crippen molar-refractivity contribution in [3.8, 4) is 0 Å². The molecular weight excluding hydrogens is 240 g/mol. The molecule has 1 aromatic rings. The maximum absolute atomic E-state index is 13.8. The van der Waals surface area contributed by atoms with Crippen molar-refractivity contribution in [3.05, 3.63) is 48.1 Å². The molecule has 0 saturated carbocycles. The van der Waals surface area contributed by atoms with Gasteiger partial charge in [0.05, 0.1) is 7.11 Å². The number of nitrogens with one attached hydrogen (secondary N) is 1. The van der Waals surface area contributed by atoms with Crippen LogP contribution in [0.3, 0.4) is 0 Å². The highest BCUT2D eigenvalue weighted by Crippen LogP contribution is 2.25. The third kappa shape index (κ3) is 2.73. The Balaban J connectivity index is 3.24. The lowest BCUT2D eigenvalue weighted by Gasteiger charge is -2.28. The molecular formula is C13H15F2NO2. The summed E-state index contributed by atoms with van der Waals surface area (Å²) < 4.78 is 31.3. The highest BCUT2D eigenvalue weighted by Gasteiger charge is 2.38. The smallest absolute Gasteiger partial charge is 0.330 e. The summed E-state index contributed by atoms with van der Waals surface area (Å²) in [5, 5.41) is 2.82. The van der Waals surface area contributed by atoms with Crippen molar-refractivity contribution in [3.63, 3.8) is 0 Å². The molecule has 0 aromatic heterocycles. The summed E-state index contributed by atoms with van der Waals surface area (Å²) in [6, 6.07) is 3.04. The van der Waals surface area contributed by atoms with Crippen molar-refractivity contribution in [2.75, 3.05) is 13.7 Å². The fourth-order valence-corrected chi connectivity index (χ4v) is 1.65. The lowest BCUT2D eigenvalue weighted by atomic mass is 9.91. The van der Waals surface area contributed by atoms with E-state index in [1.807, 2.05) is 0 Å². The highest BCUT2D eigenvalue weighted by molar-refractivity contribution is 5.82. The summed E-state index contributed by atoms with van der Waals surface area (Å²) >= 11 is 0. The molecule has 0 aliphatic heterocycles. The highest BCUT2D eigenvalue weighted by atomic mass is 19.1. The van der Waals surface area contributed by atoms with Crippen molar-refractivity contribution in [2.24, 2.45) is 0 Å². The zero-order valence-corrected chi connectivity index (χ0v) is 10.3. The van der Waals surface area contributed by atoms with Crippen molar-refractivity contribution < 1.29 is 18.3 Å². The first kappa shape index (κ1) is 14.3. The van der Waals surface area contributed by atoms with E-state index < -0.39 is 23.1 Å². The van der Waals surface area contributed by atoms with Crippen LogP contribution in [0.1, 0.15) is 12.5 Å². The molecule has 1 atom stereocenters. The molecule has 5 heteroatoms. The van der Waals surface area contributed by atoms with Crippen molar-refractivity contribution in [2.45, 2.75) is 12.5 Å². The lowest BCUT2D eigenvalue weighted by molar-refractivity contribution is -0.148. The first-order chi connectivity index (χ1) is 8.45. The number of ether oxygens (including phenoxy) is 1. The number of hydrogen-bond acceptors (Lipinski definition) is 3. The lowest BCUT2D eigenvalue weighted by Crippen LogP contribution is -2.48. The summed E-state index contributed by atoms with van der Waals surface area (Å²) in [6.45, 7) is 5.26. The van der Waals surface area contributed by atoms with Gasteiger partial charge in [-0.25, -0.2) is 13.6 Å². The molecule has 0 aliphatic carbocycles. The molecule has 0 heterocycles. The average molecular weight is 255 g/mol. The van der Waals surface area contributed by atoms with Crippen LogP contribution in [-0.2, 0) is 15.1 Å². The SMILES string of the molecule is C=CCNC(C)(C(=O)OC)c1ccc(F)cc1F. The predicted octanol–water partition coefficient (Wildman–Crippen LogP) is 2.13. The molecule has 0 aliphatic rings. The van der Waals surface area contributed by atoms with E-state index >= 15 is 0 Å². The quantitative estimate of drug-likeness (QED) is 0.647. The van der Waals surface area contributed by atoms with Gasteiger partial charge in [-0.1, -0.05) is 12.1 Å². The minimum absolute atomic E-state index is 0.0256. The van der Waals surface area contributed by atoms with Crippen molar-refractivity contribution >= 4 is 5.97 Å². The molecule has 0 radical (unpaired) electrons. The average Bonchev–Trinajstić information content (AvgIpc) is 2.34. The molecule has 1 unspecified atom stereocenters. The largest absolute Gasteiger partial charge is 0.467 e. The van der Waals surface area contributed by atoms with E-state index in [4.69, 9.17) is 0 Å². The number of methoxy groups -OCH3 is 1. The normalized spacial score (nSPS) is 13.8. The maximum Gasteiger partial charge on any atom is 0.330 e. The Morgan fingerprint density at radius 1 is 1.56 bits per heavy atom. The standard InChI is InChI=1S/C13H15F2NO2/c1-4-7-16-13(2,12(17)18-3)10-6-5-9(14)8-11(10)15/h4-6,8,16H,1,7H2,2-3H3. The second kappa shape index (κ2) is 5.73. The number of benzene rings is 1. The second-order valence-electron chi connectivity index (χ2n) is 3.91. The van der Waals surface area contributed by atoms with Crippen LogP contribution in [0.25, 0.3) is 0 Å². The van der Waals surface area contributed by atoms with E-state index in [-0.39, 0.29) is 12.1 Å². The number of esters is 1. The summed E-state index contributed by atoms with van der Waals surface area (Å²) in [7, 11) is 1.21. The topological polar surface area (TPSA) is 38.3 Å². The van der Waals surface area contributed by atoms with Crippen LogP contribution in [0, 0.1) is 11.6 Å². The van der Waals surface area contributed by atoms with Gasteiger partial charge in [0.25, 0.3) is 0 Å². The summed E-state index contributed by atoms with van der Waals surface area (Å²) in [6.07, 6.45) is 1.53. The van der Waals surface area contributed by atoms with E-state index in [0.717, 1.165) is 12.1 Å². The molecule has 1 aromatic carbocycles. The van der Waals surface area contributed by atoms with Crippen LogP contribution < -0.4 is 5.32 Å². The number of rotatable bonds is 5. The van der Waals surface area contributed by atoms with Crippen molar-refractivity contribution in [1.82, 2.24) is 5.32 Å². The van der Waals surface area contributed by atoms with Gasteiger partial charge < -0.3 is 4.74 Å². The van der Waals surface area contributed by atoms with Crippen LogP contribution in [0.2, 0.25) is 0 Å². The van der Waals surface area contributed by atoms with Gasteiger partial charge >= 0.3 is 5.97 Å². The van der Waals surface area contributed by atoms with Crippen LogP contribution in [0.4, 0.5) is 8.78 Å². The third-order valence-corrected chi connectivity index (χ3v) is 2.66. The first-order valence-electron chi connectivity index (χ1n) is 5.35. The zero-order chi connectivity index (χ0) is 13.8. The molecule has 0 fully saturated rings. The fourth-order valence-electron chi connectivity index (χ4n) is 1.65. The number of halogens is 2. The Kier molecular flexibility index (Phi) is 4.55. The van der Waals surface area contributed by atoms with Gasteiger partial charge in [-0.2, -0.15) is 0 Å². The van der Waals surface area contributed by atoms with Gasteiger partial charge in [-0.05, 0) is 13.0 Å². The van der Waals surface area contributed by atoms with Gasteiger partial charge in [0.15, 0.2) is 0 Å². The Morgan fingerprint density at radius 2 is 2.22 bits per heavy atom. The van der Waals surface area contributed by atoms with Crippen LogP contribution in [-0.4, -0.2) is 19.6 Å². The second-order valence-corrected chi connectivity index (χ2v) is 3.91.